The van der Waals surface area contributed by atoms with E-state index in [0.29, 0.717) is 0 Å². The van der Waals surface area contributed by atoms with Crippen LogP contribution < -0.4 is 5.32 Å². The molecule has 0 aliphatic rings. The maximum atomic E-state index is 5.95. The van der Waals surface area contributed by atoms with Gasteiger partial charge >= 0.3 is 0 Å². The first-order chi connectivity index (χ1) is 9.20. The smallest absolute Gasteiger partial charge is 0.183 e. The molecule has 0 unspecified atom stereocenters. The molecule has 3 aromatic rings. The quantitative estimate of drug-likeness (QED) is 0.802. The van der Waals surface area contributed by atoms with Crippen LogP contribution in [0.1, 0.15) is 5.56 Å². The highest BCUT2D eigenvalue weighted by Gasteiger charge is 2.04. The van der Waals surface area contributed by atoms with Crippen molar-refractivity contribution >= 4 is 38.3 Å². The van der Waals surface area contributed by atoms with Gasteiger partial charge in [0, 0.05) is 24.8 Å². The molecule has 0 atom stereocenters. The van der Waals surface area contributed by atoms with E-state index in [1.54, 1.807) is 11.3 Å². The molecule has 98 valence electrons. The van der Waals surface area contributed by atoms with E-state index in [1.165, 1.54) is 5.56 Å². The Morgan fingerprint density at radius 2 is 2.32 bits per heavy atom. The van der Waals surface area contributed by atoms with E-state index in [0.717, 1.165) is 33.3 Å². The summed E-state index contributed by atoms with van der Waals surface area (Å²) in [6.45, 7) is 0.846. The molecule has 0 radical (unpaired) electrons. The Hall–Kier alpha value is -1.59. The zero-order valence-electron chi connectivity index (χ0n) is 10.4. The van der Waals surface area contributed by atoms with Crippen LogP contribution in [0.5, 0.6) is 0 Å². The van der Waals surface area contributed by atoms with Crippen LogP contribution >= 0.6 is 22.9 Å². The van der Waals surface area contributed by atoms with Crippen LogP contribution in [0.15, 0.2) is 30.6 Å². The predicted molar refractivity (Wildman–Crippen MR) is 80.0 cm³/mol. The number of hydrogen-bond acceptors (Lipinski definition) is 4. The van der Waals surface area contributed by atoms with Gasteiger partial charge in [0.1, 0.15) is 0 Å². The van der Waals surface area contributed by atoms with Gasteiger partial charge in [-0.3, -0.25) is 4.68 Å². The van der Waals surface area contributed by atoms with Crippen LogP contribution in [0.3, 0.4) is 0 Å². The number of anilines is 1. The van der Waals surface area contributed by atoms with Crippen molar-refractivity contribution in [2.24, 2.45) is 7.05 Å². The van der Waals surface area contributed by atoms with E-state index in [9.17, 15) is 0 Å². The molecule has 4 nitrogen and oxygen atoms in total. The van der Waals surface area contributed by atoms with Gasteiger partial charge in [0.2, 0.25) is 0 Å². The normalized spacial score (nSPS) is 11.1. The monoisotopic (exact) mass is 292 g/mol. The van der Waals surface area contributed by atoms with Gasteiger partial charge in [-0.1, -0.05) is 22.9 Å². The zero-order chi connectivity index (χ0) is 13.2. The molecule has 2 heterocycles. The number of aryl methyl sites for hydroxylation is 1. The molecular formula is C13H13ClN4S. The number of thiazole rings is 1. The summed E-state index contributed by atoms with van der Waals surface area (Å²) in [6, 6.07) is 5.78. The number of hydrogen-bond donors (Lipinski definition) is 1. The molecule has 2 aromatic heterocycles. The topological polar surface area (TPSA) is 42.7 Å². The highest BCUT2D eigenvalue weighted by atomic mass is 35.5. The molecule has 0 saturated carbocycles. The van der Waals surface area contributed by atoms with Gasteiger partial charge in [0.25, 0.3) is 0 Å². The molecule has 6 heteroatoms. The summed E-state index contributed by atoms with van der Waals surface area (Å²) in [4.78, 5) is 4.51. The van der Waals surface area contributed by atoms with Crippen molar-refractivity contribution in [1.29, 1.82) is 0 Å². The number of nitrogens with one attached hydrogen (secondary N) is 1. The standard InChI is InChI=1S/C13H13ClN4S/c1-18-8-9(7-16-18)4-5-15-13-17-11-6-10(14)2-3-12(11)19-13/h2-3,6-8H,4-5H2,1H3,(H,15,17). The van der Waals surface area contributed by atoms with Crippen LogP contribution in [0.4, 0.5) is 5.13 Å². The Morgan fingerprint density at radius 1 is 1.42 bits per heavy atom. The second-order valence-electron chi connectivity index (χ2n) is 4.33. The van der Waals surface area contributed by atoms with E-state index in [-0.39, 0.29) is 0 Å². The summed E-state index contributed by atoms with van der Waals surface area (Å²) in [5.74, 6) is 0. The Kier molecular flexibility index (Phi) is 3.40. The van der Waals surface area contributed by atoms with Gasteiger partial charge < -0.3 is 5.32 Å². The first-order valence-electron chi connectivity index (χ1n) is 5.98. The van der Waals surface area contributed by atoms with E-state index in [4.69, 9.17) is 11.6 Å². The number of nitrogens with zero attached hydrogens (tertiary/aromatic N) is 3. The fraction of sp³-hybridized carbons (Fsp3) is 0.231. The number of aromatic nitrogens is 3. The number of rotatable bonds is 4. The molecule has 0 spiro atoms. The minimum absolute atomic E-state index is 0.722. The average molecular weight is 293 g/mol. The van der Waals surface area contributed by atoms with Crippen LogP contribution in [-0.2, 0) is 13.5 Å². The minimum atomic E-state index is 0.722. The van der Waals surface area contributed by atoms with Crippen molar-refractivity contribution in [2.75, 3.05) is 11.9 Å². The van der Waals surface area contributed by atoms with Crippen molar-refractivity contribution in [2.45, 2.75) is 6.42 Å². The van der Waals surface area contributed by atoms with Gasteiger partial charge in [-0.25, -0.2) is 4.98 Å². The zero-order valence-corrected chi connectivity index (χ0v) is 12.0. The molecule has 0 bridgehead atoms. The van der Waals surface area contributed by atoms with Gasteiger partial charge in [-0.05, 0) is 30.2 Å². The molecule has 0 amide bonds. The summed E-state index contributed by atoms with van der Waals surface area (Å²) >= 11 is 7.59. The molecule has 0 fully saturated rings. The lowest BCUT2D eigenvalue weighted by molar-refractivity contribution is 0.767. The van der Waals surface area contributed by atoms with Crippen molar-refractivity contribution in [3.63, 3.8) is 0 Å². The fourth-order valence-corrected chi connectivity index (χ4v) is 2.93. The Morgan fingerprint density at radius 3 is 3.11 bits per heavy atom. The van der Waals surface area contributed by atoms with Crippen LogP contribution in [0, 0.1) is 0 Å². The first-order valence-corrected chi connectivity index (χ1v) is 7.18. The van der Waals surface area contributed by atoms with Crippen molar-refractivity contribution in [3.05, 3.63) is 41.2 Å². The summed E-state index contributed by atoms with van der Waals surface area (Å²) < 4.78 is 2.96. The summed E-state index contributed by atoms with van der Waals surface area (Å²) in [5.41, 5.74) is 2.17. The van der Waals surface area contributed by atoms with Gasteiger partial charge in [0.05, 0.1) is 16.4 Å². The third kappa shape index (κ3) is 2.88. The van der Waals surface area contributed by atoms with E-state index in [2.05, 4.69) is 15.4 Å². The SMILES string of the molecule is Cn1cc(CCNc2nc3cc(Cl)ccc3s2)cn1. The molecule has 0 aliphatic heterocycles. The Bertz CT molecular complexity index is 704. The number of benzene rings is 1. The number of halogens is 1. The van der Waals surface area contributed by atoms with Crippen LogP contribution in [-0.4, -0.2) is 21.3 Å². The van der Waals surface area contributed by atoms with Gasteiger partial charge in [0.15, 0.2) is 5.13 Å². The molecular weight excluding hydrogens is 280 g/mol. The maximum Gasteiger partial charge on any atom is 0.183 e. The fourth-order valence-electron chi connectivity index (χ4n) is 1.89. The van der Waals surface area contributed by atoms with Crippen LogP contribution in [0.2, 0.25) is 5.02 Å². The highest BCUT2D eigenvalue weighted by Crippen LogP contribution is 2.27. The lowest BCUT2D eigenvalue weighted by Gasteiger charge is -1.99. The summed E-state index contributed by atoms with van der Waals surface area (Å²) in [6.07, 6.45) is 4.85. The van der Waals surface area contributed by atoms with Crippen molar-refractivity contribution in [1.82, 2.24) is 14.8 Å². The van der Waals surface area contributed by atoms with Crippen molar-refractivity contribution < 1.29 is 0 Å². The van der Waals surface area contributed by atoms with E-state index in [1.807, 2.05) is 42.3 Å². The highest BCUT2D eigenvalue weighted by molar-refractivity contribution is 7.22. The lowest BCUT2D eigenvalue weighted by Crippen LogP contribution is -2.03. The second-order valence-corrected chi connectivity index (χ2v) is 5.80. The predicted octanol–water partition coefficient (Wildman–Crippen LogP) is 3.34. The lowest BCUT2D eigenvalue weighted by atomic mass is 10.2. The van der Waals surface area contributed by atoms with E-state index >= 15 is 0 Å². The minimum Gasteiger partial charge on any atom is -0.361 e. The maximum absolute atomic E-state index is 5.95. The Labute approximate surface area is 120 Å². The molecule has 1 N–H and O–H groups in total. The molecule has 0 aliphatic carbocycles. The average Bonchev–Trinajstić information content (AvgIpc) is 2.95. The summed E-state index contributed by atoms with van der Waals surface area (Å²) in [7, 11) is 1.92. The Balaban J connectivity index is 1.65. The van der Waals surface area contributed by atoms with E-state index < -0.39 is 0 Å². The third-order valence-electron chi connectivity index (χ3n) is 2.80. The van der Waals surface area contributed by atoms with Crippen molar-refractivity contribution in [3.8, 4) is 0 Å². The second kappa shape index (κ2) is 5.19. The summed E-state index contributed by atoms with van der Waals surface area (Å²) in [5, 5.41) is 9.14. The molecule has 1 aromatic carbocycles. The molecule has 0 saturated heterocycles. The molecule has 3 rings (SSSR count). The van der Waals surface area contributed by atoms with Gasteiger partial charge in [-0.15, -0.1) is 0 Å². The van der Waals surface area contributed by atoms with Crippen LogP contribution in [0.25, 0.3) is 10.2 Å². The molecule has 19 heavy (non-hydrogen) atoms. The van der Waals surface area contributed by atoms with Gasteiger partial charge in [-0.2, -0.15) is 5.10 Å². The third-order valence-corrected chi connectivity index (χ3v) is 4.03. The first kappa shape index (κ1) is 12.4. The largest absolute Gasteiger partial charge is 0.361 e. The number of fused-ring (bicyclic) bond motifs is 1.